The molecule has 5 heteroatoms. The van der Waals surface area contributed by atoms with E-state index in [4.69, 9.17) is 4.43 Å². The van der Waals surface area contributed by atoms with Crippen LogP contribution in [0.4, 0.5) is 0 Å². The van der Waals surface area contributed by atoms with E-state index in [9.17, 15) is 0 Å². The summed E-state index contributed by atoms with van der Waals surface area (Å²) in [6, 6.07) is 21.2. The highest BCUT2D eigenvalue weighted by Gasteiger charge is 2.50. The summed E-state index contributed by atoms with van der Waals surface area (Å²) < 4.78 is 7.66. The first kappa shape index (κ1) is 19.0. The largest absolute Gasteiger partial charge is 0.400 e. The molecule has 0 atom stereocenters. The lowest BCUT2D eigenvalue weighted by molar-refractivity contribution is 0.276. The van der Waals surface area contributed by atoms with Crippen LogP contribution in [0.3, 0.4) is 0 Å². The van der Waals surface area contributed by atoms with Crippen molar-refractivity contribution in [1.82, 2.24) is 9.97 Å². The number of nitrogens with zero attached hydrogens (tertiary/aromatic N) is 2. The first-order valence-electron chi connectivity index (χ1n) is 8.65. The molecular weight excluding hydrogens is 404 g/mol. The molecule has 0 aliphatic carbocycles. The molecule has 0 radical (unpaired) electrons. The molecule has 2 aromatic carbocycles. The summed E-state index contributed by atoms with van der Waals surface area (Å²) in [5, 5.41) is 2.47. The van der Waals surface area contributed by atoms with Crippen LogP contribution in [0.2, 0.25) is 5.04 Å². The third-order valence-corrected chi connectivity index (χ3v) is 9.90. The predicted octanol–water partition coefficient (Wildman–Crippen LogP) is 4.32. The minimum atomic E-state index is -2.54. The van der Waals surface area contributed by atoms with Crippen molar-refractivity contribution < 1.29 is 4.43 Å². The van der Waals surface area contributed by atoms with Gasteiger partial charge in [0.1, 0.15) is 0 Å². The number of benzene rings is 2. The molecular formula is C21H23BrN2OSi. The molecule has 3 nitrogen and oxygen atoms in total. The Morgan fingerprint density at radius 2 is 1.31 bits per heavy atom. The molecule has 3 rings (SSSR count). The maximum Gasteiger partial charge on any atom is 0.261 e. The molecule has 0 fully saturated rings. The van der Waals surface area contributed by atoms with Crippen molar-refractivity contribution in [2.24, 2.45) is 0 Å². The zero-order chi connectivity index (χ0) is 18.6. The first-order chi connectivity index (χ1) is 12.4. The van der Waals surface area contributed by atoms with E-state index in [1.807, 2.05) is 12.1 Å². The van der Waals surface area contributed by atoms with Crippen molar-refractivity contribution >= 4 is 34.6 Å². The Kier molecular flexibility index (Phi) is 5.70. The maximum absolute atomic E-state index is 6.79. The Balaban J connectivity index is 2.09. The monoisotopic (exact) mass is 426 g/mol. The fraction of sp³-hybridized carbons (Fsp3) is 0.238. The predicted molar refractivity (Wildman–Crippen MR) is 112 cm³/mol. The highest BCUT2D eigenvalue weighted by atomic mass is 79.9. The second-order valence-electron chi connectivity index (χ2n) is 7.27. The van der Waals surface area contributed by atoms with E-state index in [1.165, 1.54) is 10.4 Å². The van der Waals surface area contributed by atoms with E-state index < -0.39 is 8.32 Å². The van der Waals surface area contributed by atoms with Gasteiger partial charge in [0, 0.05) is 12.4 Å². The van der Waals surface area contributed by atoms with Crippen molar-refractivity contribution in [3.05, 3.63) is 83.4 Å². The lowest BCUT2D eigenvalue weighted by Crippen LogP contribution is -2.66. The summed E-state index contributed by atoms with van der Waals surface area (Å²) >= 11 is 3.38. The Bertz CT molecular complexity index is 794. The minimum Gasteiger partial charge on any atom is -0.400 e. The molecule has 134 valence electrons. The van der Waals surface area contributed by atoms with E-state index in [-0.39, 0.29) is 5.04 Å². The second kappa shape index (κ2) is 7.82. The van der Waals surface area contributed by atoms with Gasteiger partial charge >= 0.3 is 0 Å². The van der Waals surface area contributed by atoms with Gasteiger partial charge in [0.2, 0.25) is 0 Å². The van der Waals surface area contributed by atoms with Gasteiger partial charge in [-0.2, -0.15) is 0 Å². The summed E-state index contributed by atoms with van der Waals surface area (Å²) in [6.07, 6.45) is 3.52. The number of halogens is 1. The molecule has 26 heavy (non-hydrogen) atoms. The van der Waals surface area contributed by atoms with Gasteiger partial charge in [-0.05, 0) is 31.3 Å². The molecule has 0 amide bonds. The maximum atomic E-state index is 6.79. The molecule has 3 aromatic rings. The molecule has 0 bridgehead atoms. The van der Waals surface area contributed by atoms with Crippen LogP contribution in [-0.2, 0) is 11.0 Å². The smallest absolute Gasteiger partial charge is 0.261 e. The molecule has 0 unspecified atom stereocenters. The van der Waals surface area contributed by atoms with Crippen LogP contribution in [0.1, 0.15) is 26.6 Å². The third-order valence-electron chi connectivity index (χ3n) is 4.51. The first-order valence-corrected chi connectivity index (χ1v) is 11.3. The van der Waals surface area contributed by atoms with E-state index >= 15 is 0 Å². The van der Waals surface area contributed by atoms with Crippen molar-refractivity contribution in [1.29, 1.82) is 0 Å². The van der Waals surface area contributed by atoms with E-state index in [1.54, 1.807) is 12.4 Å². The van der Waals surface area contributed by atoms with Gasteiger partial charge in [0.05, 0.1) is 11.1 Å². The molecule has 0 saturated heterocycles. The molecule has 1 aromatic heterocycles. The number of hydrogen-bond donors (Lipinski definition) is 0. The standard InChI is InChI=1S/C21H23BrN2OSi/c1-21(2,3)26(18-10-6-4-7-11-18,19-12-8-5-9-13-19)25-16-20-23-14-17(22)15-24-20/h4-15H,16H2,1-3H3. The minimum absolute atomic E-state index is 0.0505. The van der Waals surface area contributed by atoms with Crippen LogP contribution in [0.15, 0.2) is 77.5 Å². The highest BCUT2D eigenvalue weighted by Crippen LogP contribution is 2.37. The molecule has 0 spiro atoms. The van der Waals surface area contributed by atoms with E-state index in [0.29, 0.717) is 12.4 Å². The van der Waals surface area contributed by atoms with E-state index in [2.05, 4.69) is 95.2 Å². The number of aromatic nitrogens is 2. The lowest BCUT2D eigenvalue weighted by atomic mass is 10.2. The fourth-order valence-electron chi connectivity index (χ4n) is 3.35. The van der Waals surface area contributed by atoms with Crippen LogP contribution in [0, 0.1) is 0 Å². The van der Waals surface area contributed by atoms with Gasteiger partial charge in [0.25, 0.3) is 8.32 Å². The van der Waals surface area contributed by atoms with Crippen LogP contribution in [0.5, 0.6) is 0 Å². The zero-order valence-corrected chi connectivity index (χ0v) is 17.9. The van der Waals surface area contributed by atoms with Crippen molar-refractivity contribution in [2.75, 3.05) is 0 Å². The molecule has 0 aliphatic rings. The van der Waals surface area contributed by atoms with Crippen molar-refractivity contribution in [3.8, 4) is 0 Å². The zero-order valence-electron chi connectivity index (χ0n) is 15.3. The normalized spacial score (nSPS) is 12.2. The number of rotatable bonds is 5. The molecule has 0 aliphatic heterocycles. The van der Waals surface area contributed by atoms with Crippen LogP contribution < -0.4 is 10.4 Å². The van der Waals surface area contributed by atoms with Crippen molar-refractivity contribution in [3.63, 3.8) is 0 Å². The Morgan fingerprint density at radius 1 is 0.846 bits per heavy atom. The SMILES string of the molecule is CC(C)(C)[Si](OCc1ncc(Br)cn1)(c1ccccc1)c1ccccc1. The summed E-state index contributed by atoms with van der Waals surface area (Å²) in [7, 11) is -2.54. The lowest BCUT2D eigenvalue weighted by Gasteiger charge is -2.42. The Hall–Kier alpha value is -1.82. The Morgan fingerprint density at radius 3 is 1.73 bits per heavy atom. The van der Waals surface area contributed by atoms with Gasteiger partial charge < -0.3 is 4.43 Å². The van der Waals surface area contributed by atoms with Crippen LogP contribution in [0.25, 0.3) is 0 Å². The summed E-state index contributed by atoms with van der Waals surface area (Å²) in [4.78, 5) is 8.78. The Labute approximate surface area is 164 Å². The summed E-state index contributed by atoms with van der Waals surface area (Å²) in [5.74, 6) is 0.696. The third kappa shape index (κ3) is 3.80. The van der Waals surface area contributed by atoms with Gasteiger partial charge in [-0.25, -0.2) is 9.97 Å². The average molecular weight is 427 g/mol. The fourth-order valence-corrected chi connectivity index (χ4v) is 8.05. The number of hydrogen-bond acceptors (Lipinski definition) is 3. The van der Waals surface area contributed by atoms with Gasteiger partial charge in [-0.1, -0.05) is 81.4 Å². The average Bonchev–Trinajstić information content (AvgIpc) is 2.64. The molecule has 0 N–H and O–H groups in total. The van der Waals surface area contributed by atoms with Gasteiger partial charge in [-0.3, -0.25) is 0 Å². The highest BCUT2D eigenvalue weighted by molar-refractivity contribution is 9.10. The van der Waals surface area contributed by atoms with Crippen LogP contribution >= 0.6 is 15.9 Å². The van der Waals surface area contributed by atoms with Gasteiger partial charge in [0.15, 0.2) is 5.82 Å². The van der Waals surface area contributed by atoms with Gasteiger partial charge in [-0.15, -0.1) is 0 Å². The summed E-state index contributed by atoms with van der Waals surface area (Å²) in [5.41, 5.74) is 0. The summed E-state index contributed by atoms with van der Waals surface area (Å²) in [6.45, 7) is 7.19. The quantitative estimate of drug-likeness (QED) is 0.569. The van der Waals surface area contributed by atoms with Crippen LogP contribution in [-0.4, -0.2) is 18.3 Å². The molecule has 1 heterocycles. The van der Waals surface area contributed by atoms with E-state index in [0.717, 1.165) is 4.47 Å². The second-order valence-corrected chi connectivity index (χ2v) is 12.5. The van der Waals surface area contributed by atoms with Crippen molar-refractivity contribution in [2.45, 2.75) is 32.4 Å². The molecule has 0 saturated carbocycles. The topological polar surface area (TPSA) is 35.0 Å².